The summed E-state index contributed by atoms with van der Waals surface area (Å²) in [5, 5.41) is 18.3. The normalized spacial score (nSPS) is 12.9. The van der Waals surface area contributed by atoms with Crippen molar-refractivity contribution in [1.29, 1.82) is 5.26 Å². The first-order valence-corrected chi connectivity index (χ1v) is 5.73. The maximum Gasteiger partial charge on any atom is 0.491 e. The van der Waals surface area contributed by atoms with Crippen LogP contribution in [0.25, 0.3) is 0 Å². The maximum absolute atomic E-state index is 9.61. The van der Waals surface area contributed by atoms with E-state index < -0.39 is 7.12 Å². The summed E-state index contributed by atoms with van der Waals surface area (Å²) < 4.78 is 10.7. The van der Waals surface area contributed by atoms with Crippen LogP contribution in [0.2, 0.25) is 0 Å². The number of nitriles is 1. The number of benzene rings is 1. The van der Waals surface area contributed by atoms with E-state index in [1.54, 1.807) is 24.3 Å². The molecular formula is C13H9BN2O3. The van der Waals surface area contributed by atoms with Crippen molar-refractivity contribution in [3.63, 3.8) is 0 Å². The minimum absolute atomic E-state index is 0.396. The lowest BCUT2D eigenvalue weighted by molar-refractivity contribution is 0.275. The first kappa shape index (κ1) is 11.7. The predicted molar refractivity (Wildman–Crippen MR) is 67.9 cm³/mol. The molecule has 1 aliphatic heterocycles. The van der Waals surface area contributed by atoms with Crippen molar-refractivity contribution in [3.05, 3.63) is 47.7 Å². The fraction of sp³-hybridized carbons (Fsp3) is 0.0769. The largest absolute Gasteiger partial charge is 0.491 e. The fourth-order valence-electron chi connectivity index (χ4n) is 1.88. The Balaban J connectivity index is 1.83. The fourth-order valence-corrected chi connectivity index (χ4v) is 1.88. The Morgan fingerprint density at radius 2 is 2.26 bits per heavy atom. The van der Waals surface area contributed by atoms with Crippen LogP contribution in [0.3, 0.4) is 0 Å². The van der Waals surface area contributed by atoms with Crippen LogP contribution in [-0.4, -0.2) is 17.1 Å². The average molecular weight is 252 g/mol. The summed E-state index contributed by atoms with van der Waals surface area (Å²) in [5.74, 6) is 0.966. The number of aromatic nitrogens is 1. The van der Waals surface area contributed by atoms with Crippen LogP contribution >= 0.6 is 0 Å². The van der Waals surface area contributed by atoms with Crippen molar-refractivity contribution in [2.75, 3.05) is 0 Å². The van der Waals surface area contributed by atoms with Crippen LogP contribution in [0.5, 0.6) is 11.6 Å². The molecule has 0 saturated carbocycles. The number of hydrogen-bond acceptors (Lipinski definition) is 5. The summed E-state index contributed by atoms with van der Waals surface area (Å²) in [7, 11) is -0.896. The Labute approximate surface area is 110 Å². The first-order chi connectivity index (χ1) is 9.26. The van der Waals surface area contributed by atoms with Gasteiger partial charge in [0.15, 0.2) is 0 Å². The van der Waals surface area contributed by atoms with Crippen LogP contribution in [0.4, 0.5) is 0 Å². The van der Waals surface area contributed by atoms with E-state index in [2.05, 4.69) is 4.98 Å². The quantitative estimate of drug-likeness (QED) is 0.805. The molecule has 5 nitrogen and oxygen atoms in total. The van der Waals surface area contributed by atoms with Crippen molar-refractivity contribution >= 4 is 12.6 Å². The molecule has 19 heavy (non-hydrogen) atoms. The molecule has 0 aliphatic carbocycles. The Hall–Kier alpha value is -2.36. The molecule has 0 amide bonds. The van der Waals surface area contributed by atoms with Gasteiger partial charge in [-0.1, -0.05) is 6.07 Å². The van der Waals surface area contributed by atoms with E-state index in [0.29, 0.717) is 29.3 Å². The summed E-state index contributed by atoms with van der Waals surface area (Å²) in [5.41, 5.74) is 2.14. The Bertz CT molecular complexity index is 652. The lowest BCUT2D eigenvalue weighted by Crippen LogP contribution is -2.27. The topological polar surface area (TPSA) is 75.4 Å². The van der Waals surface area contributed by atoms with Crippen LogP contribution < -0.4 is 10.2 Å². The number of ether oxygens (including phenoxy) is 1. The highest BCUT2D eigenvalue weighted by Crippen LogP contribution is 2.21. The molecule has 0 bridgehead atoms. The molecule has 1 aromatic heterocycles. The second-order valence-corrected chi connectivity index (χ2v) is 4.12. The van der Waals surface area contributed by atoms with Crippen LogP contribution in [-0.2, 0) is 11.3 Å². The summed E-state index contributed by atoms with van der Waals surface area (Å²) in [6.45, 7) is 0.409. The summed E-state index contributed by atoms with van der Waals surface area (Å²) in [4.78, 5) is 4.02. The van der Waals surface area contributed by atoms with E-state index in [0.717, 1.165) is 5.56 Å². The van der Waals surface area contributed by atoms with Gasteiger partial charge in [-0.15, -0.1) is 0 Å². The van der Waals surface area contributed by atoms with Gasteiger partial charge in [0, 0.05) is 12.3 Å². The second kappa shape index (κ2) is 4.73. The van der Waals surface area contributed by atoms with E-state index in [9.17, 15) is 5.02 Å². The molecule has 92 valence electrons. The average Bonchev–Trinajstić information content (AvgIpc) is 2.81. The maximum atomic E-state index is 9.61. The van der Waals surface area contributed by atoms with E-state index in [4.69, 9.17) is 14.7 Å². The molecule has 0 spiro atoms. The molecule has 3 rings (SSSR count). The van der Waals surface area contributed by atoms with Gasteiger partial charge in [0.05, 0.1) is 12.2 Å². The second-order valence-electron chi connectivity index (χ2n) is 4.12. The highest BCUT2D eigenvalue weighted by Gasteiger charge is 2.27. The van der Waals surface area contributed by atoms with Gasteiger partial charge in [-0.25, -0.2) is 4.98 Å². The molecule has 1 aliphatic rings. The SMILES string of the molecule is N#Cc1ccc(Oc2ccc3c(c2)B(O)OC3)nc1. The molecule has 0 unspecified atom stereocenters. The van der Waals surface area contributed by atoms with Crippen molar-refractivity contribution in [2.24, 2.45) is 0 Å². The molecule has 1 aromatic carbocycles. The lowest BCUT2D eigenvalue weighted by atomic mass is 9.79. The molecule has 0 fully saturated rings. The van der Waals surface area contributed by atoms with Gasteiger partial charge >= 0.3 is 7.12 Å². The van der Waals surface area contributed by atoms with Gasteiger partial charge in [0.25, 0.3) is 0 Å². The number of fused-ring (bicyclic) bond motifs is 1. The van der Waals surface area contributed by atoms with Crippen molar-refractivity contribution in [2.45, 2.75) is 6.61 Å². The smallest absolute Gasteiger partial charge is 0.439 e. The lowest BCUT2D eigenvalue weighted by Gasteiger charge is -2.06. The van der Waals surface area contributed by atoms with E-state index >= 15 is 0 Å². The van der Waals surface area contributed by atoms with Gasteiger partial charge in [0.2, 0.25) is 5.88 Å². The standard InChI is InChI=1S/C13H9BN2O3/c15-6-9-1-4-13(16-7-9)19-11-3-2-10-8-18-14(17)12(10)5-11/h1-5,7,17H,8H2. The molecule has 2 aromatic rings. The molecule has 1 N–H and O–H groups in total. The van der Waals surface area contributed by atoms with Gasteiger partial charge < -0.3 is 14.4 Å². The number of pyridine rings is 1. The Morgan fingerprint density at radius 1 is 1.37 bits per heavy atom. The molecule has 6 heteroatoms. The number of hydrogen-bond donors (Lipinski definition) is 1. The zero-order chi connectivity index (χ0) is 13.2. The van der Waals surface area contributed by atoms with Crippen molar-refractivity contribution in [1.82, 2.24) is 4.98 Å². The molecule has 0 atom stereocenters. The Kier molecular flexibility index (Phi) is 2.92. The molecular weight excluding hydrogens is 243 g/mol. The monoisotopic (exact) mass is 252 g/mol. The third-order valence-electron chi connectivity index (χ3n) is 2.87. The van der Waals surface area contributed by atoms with E-state index in [1.807, 2.05) is 12.1 Å². The molecule has 2 heterocycles. The minimum atomic E-state index is -0.896. The minimum Gasteiger partial charge on any atom is -0.439 e. The highest BCUT2D eigenvalue weighted by molar-refractivity contribution is 6.61. The van der Waals surface area contributed by atoms with Crippen LogP contribution in [0.15, 0.2) is 36.5 Å². The van der Waals surface area contributed by atoms with E-state index in [1.165, 1.54) is 6.20 Å². The number of nitrogens with zero attached hydrogens (tertiary/aromatic N) is 2. The summed E-state index contributed by atoms with van der Waals surface area (Å²) in [6.07, 6.45) is 1.45. The van der Waals surface area contributed by atoms with Gasteiger partial charge in [-0.3, -0.25) is 0 Å². The van der Waals surface area contributed by atoms with E-state index in [-0.39, 0.29) is 0 Å². The predicted octanol–water partition coefficient (Wildman–Crippen LogP) is 0.963. The summed E-state index contributed by atoms with van der Waals surface area (Å²) in [6, 6.07) is 10.6. The molecule has 0 saturated heterocycles. The van der Waals surface area contributed by atoms with Crippen LogP contribution in [0, 0.1) is 11.3 Å². The third kappa shape index (κ3) is 2.29. The van der Waals surface area contributed by atoms with Gasteiger partial charge in [-0.05, 0) is 29.2 Å². The van der Waals surface area contributed by atoms with Crippen molar-refractivity contribution < 1.29 is 14.4 Å². The van der Waals surface area contributed by atoms with Crippen LogP contribution in [0.1, 0.15) is 11.1 Å². The van der Waals surface area contributed by atoms with Gasteiger partial charge in [-0.2, -0.15) is 5.26 Å². The van der Waals surface area contributed by atoms with Crippen molar-refractivity contribution in [3.8, 4) is 17.7 Å². The molecule has 0 radical (unpaired) electrons. The zero-order valence-corrected chi connectivity index (χ0v) is 9.91. The Morgan fingerprint density at radius 3 is 3.00 bits per heavy atom. The number of rotatable bonds is 2. The third-order valence-corrected chi connectivity index (χ3v) is 2.87. The first-order valence-electron chi connectivity index (χ1n) is 5.73. The van der Waals surface area contributed by atoms with Gasteiger partial charge in [0.1, 0.15) is 11.8 Å². The zero-order valence-electron chi connectivity index (χ0n) is 9.91. The highest BCUT2D eigenvalue weighted by atomic mass is 16.5. The summed E-state index contributed by atoms with van der Waals surface area (Å²) >= 11 is 0.